The lowest BCUT2D eigenvalue weighted by molar-refractivity contribution is -0.122. The minimum atomic E-state index is -0.466. The van der Waals surface area contributed by atoms with Gasteiger partial charge in [-0.15, -0.1) is 0 Å². The predicted molar refractivity (Wildman–Crippen MR) is 97.0 cm³/mol. The van der Waals surface area contributed by atoms with Crippen molar-refractivity contribution in [1.29, 1.82) is 0 Å². The van der Waals surface area contributed by atoms with Gasteiger partial charge in [0.05, 0.1) is 16.6 Å². The van der Waals surface area contributed by atoms with Crippen LogP contribution in [0.3, 0.4) is 0 Å². The van der Waals surface area contributed by atoms with Crippen molar-refractivity contribution in [2.75, 3.05) is 16.8 Å². The third-order valence-corrected chi connectivity index (χ3v) is 4.60. The van der Waals surface area contributed by atoms with Gasteiger partial charge in [0.1, 0.15) is 0 Å². The molecule has 2 aromatic rings. The molecule has 2 aromatic carbocycles. The van der Waals surface area contributed by atoms with E-state index in [1.54, 1.807) is 47.4 Å². The van der Waals surface area contributed by atoms with E-state index in [4.69, 9.17) is 34.8 Å². The number of anilines is 2. The third kappa shape index (κ3) is 3.66. The second-order valence-electron chi connectivity index (χ2n) is 5.50. The van der Waals surface area contributed by atoms with Crippen LogP contribution in [0.2, 0.25) is 15.1 Å². The Morgan fingerprint density at radius 3 is 2.58 bits per heavy atom. The predicted octanol–water partition coefficient (Wildman–Crippen LogP) is 4.64. The molecule has 1 atom stereocenters. The summed E-state index contributed by atoms with van der Waals surface area (Å²) in [6.45, 7) is 0.295. The molecule has 1 aliphatic rings. The molecule has 0 bridgehead atoms. The number of carbonyl (C=O) groups excluding carboxylic acids is 2. The summed E-state index contributed by atoms with van der Waals surface area (Å²) < 4.78 is 0. The van der Waals surface area contributed by atoms with Crippen molar-refractivity contribution in [2.45, 2.75) is 6.42 Å². The molecule has 0 radical (unpaired) electrons. The molecule has 3 rings (SSSR count). The van der Waals surface area contributed by atoms with E-state index in [0.29, 0.717) is 33.0 Å². The van der Waals surface area contributed by atoms with Gasteiger partial charge in [-0.05, 0) is 36.4 Å². The van der Waals surface area contributed by atoms with Gasteiger partial charge in [-0.2, -0.15) is 0 Å². The number of carbonyl (C=O) groups is 2. The Morgan fingerprint density at radius 2 is 1.83 bits per heavy atom. The molecular weight excluding hydrogens is 371 g/mol. The Bertz CT molecular complexity index is 810. The lowest BCUT2D eigenvalue weighted by Gasteiger charge is -2.17. The molecule has 0 aromatic heterocycles. The Labute approximate surface area is 154 Å². The van der Waals surface area contributed by atoms with Crippen LogP contribution < -0.4 is 10.2 Å². The summed E-state index contributed by atoms with van der Waals surface area (Å²) in [5.41, 5.74) is 1.12. The molecule has 2 amide bonds. The van der Waals surface area contributed by atoms with Gasteiger partial charge < -0.3 is 10.2 Å². The fourth-order valence-electron chi connectivity index (χ4n) is 2.60. The first-order valence-corrected chi connectivity index (χ1v) is 8.39. The number of halogens is 3. The van der Waals surface area contributed by atoms with E-state index in [-0.39, 0.29) is 18.2 Å². The largest absolute Gasteiger partial charge is 0.324 e. The van der Waals surface area contributed by atoms with Crippen molar-refractivity contribution in [3.8, 4) is 0 Å². The number of amides is 2. The Kier molecular flexibility index (Phi) is 4.99. The summed E-state index contributed by atoms with van der Waals surface area (Å²) >= 11 is 17.9. The Morgan fingerprint density at radius 1 is 1.08 bits per heavy atom. The maximum Gasteiger partial charge on any atom is 0.229 e. The molecule has 1 unspecified atom stereocenters. The van der Waals surface area contributed by atoms with Crippen LogP contribution >= 0.6 is 34.8 Å². The number of nitrogens with zero attached hydrogens (tertiary/aromatic N) is 1. The zero-order chi connectivity index (χ0) is 17.3. The molecular formula is C17H13Cl3N2O2. The number of benzene rings is 2. The maximum absolute atomic E-state index is 12.4. The first-order valence-electron chi connectivity index (χ1n) is 7.26. The van der Waals surface area contributed by atoms with Crippen molar-refractivity contribution in [1.82, 2.24) is 0 Å². The molecule has 4 nitrogen and oxygen atoms in total. The lowest BCUT2D eigenvalue weighted by atomic mass is 10.1. The summed E-state index contributed by atoms with van der Waals surface area (Å²) in [7, 11) is 0. The second-order valence-corrected chi connectivity index (χ2v) is 6.78. The number of hydrogen-bond acceptors (Lipinski definition) is 2. The fourth-order valence-corrected chi connectivity index (χ4v) is 3.13. The topological polar surface area (TPSA) is 49.4 Å². The Balaban J connectivity index is 1.73. The van der Waals surface area contributed by atoms with Gasteiger partial charge >= 0.3 is 0 Å². The van der Waals surface area contributed by atoms with Crippen LogP contribution in [0.1, 0.15) is 6.42 Å². The van der Waals surface area contributed by atoms with E-state index in [0.717, 1.165) is 0 Å². The SMILES string of the molecule is O=C(Nc1cc(Cl)ccc1Cl)C1CC(=O)N(c2cccc(Cl)c2)C1. The molecule has 7 heteroatoms. The van der Waals surface area contributed by atoms with E-state index >= 15 is 0 Å². The Hall–Kier alpha value is -1.75. The summed E-state index contributed by atoms with van der Waals surface area (Å²) in [6.07, 6.45) is 0.135. The molecule has 24 heavy (non-hydrogen) atoms. The fraction of sp³-hybridized carbons (Fsp3) is 0.176. The monoisotopic (exact) mass is 382 g/mol. The molecule has 0 aliphatic carbocycles. The van der Waals surface area contributed by atoms with Crippen molar-refractivity contribution < 1.29 is 9.59 Å². The lowest BCUT2D eigenvalue weighted by Crippen LogP contribution is -2.28. The van der Waals surface area contributed by atoms with Gasteiger partial charge in [-0.1, -0.05) is 40.9 Å². The van der Waals surface area contributed by atoms with Gasteiger partial charge in [0, 0.05) is 28.7 Å². The van der Waals surface area contributed by atoms with Crippen LogP contribution in [0.25, 0.3) is 0 Å². The highest BCUT2D eigenvalue weighted by Crippen LogP contribution is 2.30. The van der Waals surface area contributed by atoms with Gasteiger partial charge in [0.2, 0.25) is 11.8 Å². The van der Waals surface area contributed by atoms with Crippen LogP contribution in [-0.2, 0) is 9.59 Å². The van der Waals surface area contributed by atoms with E-state index in [2.05, 4.69) is 5.32 Å². The highest BCUT2D eigenvalue weighted by molar-refractivity contribution is 6.35. The van der Waals surface area contributed by atoms with Crippen molar-refractivity contribution in [3.05, 3.63) is 57.5 Å². The van der Waals surface area contributed by atoms with Crippen LogP contribution in [0.5, 0.6) is 0 Å². The van der Waals surface area contributed by atoms with E-state index in [1.165, 1.54) is 0 Å². The molecule has 1 N–H and O–H groups in total. The first-order chi connectivity index (χ1) is 11.4. The average Bonchev–Trinajstić information content (AvgIpc) is 2.93. The van der Waals surface area contributed by atoms with Crippen LogP contribution in [0.15, 0.2) is 42.5 Å². The van der Waals surface area contributed by atoms with Gasteiger partial charge in [0.15, 0.2) is 0 Å². The quantitative estimate of drug-likeness (QED) is 0.839. The molecule has 1 saturated heterocycles. The van der Waals surface area contributed by atoms with E-state index in [9.17, 15) is 9.59 Å². The van der Waals surface area contributed by atoms with Crippen molar-refractivity contribution in [2.24, 2.45) is 5.92 Å². The molecule has 1 fully saturated rings. The van der Waals surface area contributed by atoms with E-state index in [1.807, 2.05) is 0 Å². The first kappa shape index (κ1) is 17.1. The molecule has 0 saturated carbocycles. The molecule has 1 heterocycles. The highest BCUT2D eigenvalue weighted by Gasteiger charge is 2.35. The average molecular weight is 384 g/mol. The van der Waals surface area contributed by atoms with Crippen molar-refractivity contribution >= 4 is 58.0 Å². The zero-order valence-electron chi connectivity index (χ0n) is 12.4. The van der Waals surface area contributed by atoms with Gasteiger partial charge in [-0.25, -0.2) is 0 Å². The number of rotatable bonds is 3. The second kappa shape index (κ2) is 7.01. The van der Waals surface area contributed by atoms with E-state index < -0.39 is 5.92 Å². The van der Waals surface area contributed by atoms with Gasteiger partial charge in [-0.3, -0.25) is 9.59 Å². The van der Waals surface area contributed by atoms with Crippen LogP contribution in [0.4, 0.5) is 11.4 Å². The minimum Gasteiger partial charge on any atom is -0.324 e. The summed E-state index contributed by atoms with van der Waals surface area (Å²) in [5, 5.41) is 4.14. The van der Waals surface area contributed by atoms with Crippen LogP contribution in [-0.4, -0.2) is 18.4 Å². The maximum atomic E-state index is 12.4. The normalized spacial score (nSPS) is 17.2. The smallest absolute Gasteiger partial charge is 0.229 e. The molecule has 124 valence electrons. The third-order valence-electron chi connectivity index (χ3n) is 3.80. The summed E-state index contributed by atoms with van der Waals surface area (Å²) in [4.78, 5) is 26.2. The highest BCUT2D eigenvalue weighted by atomic mass is 35.5. The number of hydrogen-bond donors (Lipinski definition) is 1. The van der Waals surface area contributed by atoms with Gasteiger partial charge in [0.25, 0.3) is 0 Å². The minimum absolute atomic E-state index is 0.116. The standard InChI is InChI=1S/C17H13Cl3N2O2/c18-11-2-1-3-13(7-11)22-9-10(6-16(22)23)17(24)21-15-8-12(19)4-5-14(15)20/h1-5,7-8,10H,6,9H2,(H,21,24). The van der Waals surface area contributed by atoms with Crippen molar-refractivity contribution in [3.63, 3.8) is 0 Å². The summed E-state index contributed by atoms with van der Waals surface area (Å²) in [5.74, 6) is -0.849. The summed E-state index contributed by atoms with van der Waals surface area (Å²) in [6, 6.07) is 11.8. The molecule has 0 spiro atoms. The van der Waals surface area contributed by atoms with Crippen LogP contribution in [0, 0.1) is 5.92 Å². The number of nitrogens with one attached hydrogen (secondary N) is 1. The zero-order valence-corrected chi connectivity index (χ0v) is 14.7. The molecule has 1 aliphatic heterocycles.